The highest BCUT2D eigenvalue weighted by atomic mass is 32.2. The van der Waals surface area contributed by atoms with E-state index >= 15 is 0 Å². The van der Waals surface area contributed by atoms with Crippen molar-refractivity contribution in [3.63, 3.8) is 0 Å². The lowest BCUT2D eigenvalue weighted by Crippen LogP contribution is -2.27. The number of thioether (sulfide) groups is 1. The molecule has 22 heavy (non-hydrogen) atoms. The quantitative estimate of drug-likeness (QED) is 0.936. The molecule has 2 aromatic rings. The molecule has 0 bridgehead atoms. The number of rotatable bonds is 3. The van der Waals surface area contributed by atoms with E-state index in [0.29, 0.717) is 5.75 Å². The summed E-state index contributed by atoms with van der Waals surface area (Å²) >= 11 is 1.64. The minimum atomic E-state index is -0.320. The van der Waals surface area contributed by atoms with E-state index < -0.39 is 0 Å². The summed E-state index contributed by atoms with van der Waals surface area (Å²) in [4.78, 5) is 17.0. The van der Waals surface area contributed by atoms with Crippen molar-refractivity contribution < 1.29 is 4.79 Å². The number of nitrogens with one attached hydrogen (secondary N) is 1. The average molecular weight is 310 g/mol. The van der Waals surface area contributed by atoms with Gasteiger partial charge in [0.1, 0.15) is 6.04 Å². The number of amides is 1. The highest BCUT2D eigenvalue weighted by molar-refractivity contribution is 8.14. The van der Waals surface area contributed by atoms with Crippen LogP contribution in [-0.4, -0.2) is 22.7 Å². The molecule has 1 amide bonds. The molecule has 3 nitrogen and oxygen atoms in total. The lowest BCUT2D eigenvalue weighted by molar-refractivity contribution is -0.116. The molecular formula is C18H18N2OS. The lowest BCUT2D eigenvalue weighted by atomic mass is 10.1. The summed E-state index contributed by atoms with van der Waals surface area (Å²) in [6, 6.07) is 15.7. The van der Waals surface area contributed by atoms with Crippen molar-refractivity contribution in [3.05, 3.63) is 65.2 Å². The maximum Gasteiger partial charge on any atom is 0.250 e. The fourth-order valence-electron chi connectivity index (χ4n) is 2.46. The number of aliphatic imine (C=N–C) groups is 1. The Balaban J connectivity index is 1.76. The largest absolute Gasteiger partial charge is 0.324 e. The molecule has 0 fully saturated rings. The highest BCUT2D eigenvalue weighted by Crippen LogP contribution is 2.25. The molecule has 112 valence electrons. The third kappa shape index (κ3) is 3.07. The number of aryl methyl sites for hydroxylation is 2. The van der Waals surface area contributed by atoms with Gasteiger partial charge in [0.05, 0.1) is 5.04 Å². The van der Waals surface area contributed by atoms with Gasteiger partial charge in [-0.1, -0.05) is 48.5 Å². The number of hydrogen-bond acceptors (Lipinski definition) is 3. The topological polar surface area (TPSA) is 41.5 Å². The molecule has 0 saturated carbocycles. The van der Waals surface area contributed by atoms with Crippen molar-refractivity contribution in [1.29, 1.82) is 0 Å². The Hall–Kier alpha value is -2.07. The minimum absolute atomic E-state index is 0.0316. The van der Waals surface area contributed by atoms with Crippen LogP contribution in [-0.2, 0) is 4.79 Å². The van der Waals surface area contributed by atoms with E-state index in [9.17, 15) is 4.79 Å². The zero-order valence-electron chi connectivity index (χ0n) is 12.7. The second-order valence-corrected chi connectivity index (χ2v) is 6.39. The maximum absolute atomic E-state index is 12.5. The molecule has 4 heteroatoms. The first kappa shape index (κ1) is 14.9. The van der Waals surface area contributed by atoms with Crippen LogP contribution in [0.15, 0.2) is 53.5 Å². The Bertz CT molecular complexity index is 705. The van der Waals surface area contributed by atoms with Crippen LogP contribution in [0.2, 0.25) is 0 Å². The molecule has 0 spiro atoms. The molecule has 2 aromatic carbocycles. The molecule has 1 aliphatic heterocycles. The Morgan fingerprint density at radius 1 is 1.09 bits per heavy atom. The van der Waals surface area contributed by atoms with Crippen LogP contribution >= 0.6 is 11.8 Å². The van der Waals surface area contributed by atoms with Crippen LogP contribution in [0.5, 0.6) is 0 Å². The van der Waals surface area contributed by atoms with E-state index in [1.807, 2.05) is 62.4 Å². The number of nitrogens with zero attached hydrogens (tertiary/aromatic N) is 1. The number of para-hydroxylation sites is 1. The minimum Gasteiger partial charge on any atom is -0.324 e. The van der Waals surface area contributed by atoms with Crippen LogP contribution in [0.1, 0.15) is 16.7 Å². The van der Waals surface area contributed by atoms with E-state index in [4.69, 9.17) is 0 Å². The predicted octanol–water partition coefficient (Wildman–Crippen LogP) is 3.80. The molecule has 1 aliphatic rings. The first-order valence-electron chi connectivity index (χ1n) is 7.28. The second-order valence-electron chi connectivity index (χ2n) is 5.38. The summed E-state index contributed by atoms with van der Waals surface area (Å²) < 4.78 is 0. The molecule has 1 atom stereocenters. The van der Waals surface area contributed by atoms with Gasteiger partial charge in [0, 0.05) is 17.0 Å². The number of carbonyl (C=O) groups is 1. The SMILES string of the molecule is Cc1cccc(C)c1NC(=O)[C@@H]1CSC(c2ccccc2)=N1. The molecular weight excluding hydrogens is 292 g/mol. The Morgan fingerprint density at radius 2 is 1.77 bits per heavy atom. The maximum atomic E-state index is 12.5. The number of anilines is 1. The summed E-state index contributed by atoms with van der Waals surface area (Å²) in [5.41, 5.74) is 4.13. The van der Waals surface area contributed by atoms with Crippen LogP contribution < -0.4 is 5.32 Å². The summed E-state index contributed by atoms with van der Waals surface area (Å²) in [7, 11) is 0. The Kier molecular flexibility index (Phi) is 4.29. The van der Waals surface area contributed by atoms with Crippen molar-refractivity contribution in [2.24, 2.45) is 4.99 Å². The molecule has 0 saturated heterocycles. The van der Waals surface area contributed by atoms with Gasteiger partial charge in [-0.05, 0) is 25.0 Å². The first-order chi connectivity index (χ1) is 10.6. The van der Waals surface area contributed by atoms with Gasteiger partial charge in [-0.25, -0.2) is 0 Å². The molecule has 0 aromatic heterocycles. The molecule has 0 aliphatic carbocycles. The van der Waals surface area contributed by atoms with Crippen LogP contribution in [0.3, 0.4) is 0 Å². The second kappa shape index (κ2) is 6.36. The van der Waals surface area contributed by atoms with Crippen molar-refractivity contribution in [1.82, 2.24) is 0 Å². The zero-order valence-corrected chi connectivity index (χ0v) is 13.5. The highest BCUT2D eigenvalue weighted by Gasteiger charge is 2.26. The van der Waals surface area contributed by atoms with Gasteiger partial charge >= 0.3 is 0 Å². The molecule has 0 unspecified atom stereocenters. The Labute approximate surface area is 134 Å². The summed E-state index contributed by atoms with van der Waals surface area (Å²) in [5, 5.41) is 3.98. The van der Waals surface area contributed by atoms with Gasteiger partial charge < -0.3 is 5.32 Å². The van der Waals surface area contributed by atoms with Crippen molar-refractivity contribution in [2.45, 2.75) is 19.9 Å². The number of hydrogen-bond donors (Lipinski definition) is 1. The van der Waals surface area contributed by atoms with E-state index in [0.717, 1.165) is 27.4 Å². The summed E-state index contributed by atoms with van der Waals surface area (Å²) in [5.74, 6) is 0.664. The zero-order chi connectivity index (χ0) is 15.5. The molecule has 3 rings (SSSR count). The third-order valence-corrected chi connectivity index (χ3v) is 4.80. The molecule has 1 N–H and O–H groups in total. The van der Waals surface area contributed by atoms with Crippen LogP contribution in [0, 0.1) is 13.8 Å². The van der Waals surface area contributed by atoms with Crippen LogP contribution in [0.4, 0.5) is 5.69 Å². The van der Waals surface area contributed by atoms with Gasteiger partial charge in [-0.2, -0.15) is 0 Å². The summed E-state index contributed by atoms with van der Waals surface area (Å²) in [6.45, 7) is 4.01. The van der Waals surface area contributed by atoms with Gasteiger partial charge in [-0.15, -0.1) is 11.8 Å². The van der Waals surface area contributed by atoms with E-state index in [2.05, 4.69) is 10.3 Å². The number of benzene rings is 2. The molecule has 0 radical (unpaired) electrons. The number of carbonyl (C=O) groups excluding carboxylic acids is 1. The first-order valence-corrected chi connectivity index (χ1v) is 8.27. The van der Waals surface area contributed by atoms with E-state index in [1.165, 1.54) is 0 Å². The van der Waals surface area contributed by atoms with E-state index in [-0.39, 0.29) is 11.9 Å². The Morgan fingerprint density at radius 3 is 2.45 bits per heavy atom. The molecule has 1 heterocycles. The lowest BCUT2D eigenvalue weighted by Gasteiger charge is -2.13. The average Bonchev–Trinajstić information content (AvgIpc) is 3.02. The van der Waals surface area contributed by atoms with Gasteiger partial charge in [0.15, 0.2) is 0 Å². The van der Waals surface area contributed by atoms with Gasteiger partial charge in [-0.3, -0.25) is 9.79 Å². The van der Waals surface area contributed by atoms with Gasteiger partial charge in [0.2, 0.25) is 5.91 Å². The third-order valence-electron chi connectivity index (χ3n) is 3.70. The van der Waals surface area contributed by atoms with E-state index in [1.54, 1.807) is 11.8 Å². The van der Waals surface area contributed by atoms with Crippen molar-refractivity contribution >= 4 is 28.4 Å². The van der Waals surface area contributed by atoms with Crippen molar-refractivity contribution in [2.75, 3.05) is 11.1 Å². The fourth-order valence-corrected chi connectivity index (χ4v) is 3.51. The predicted molar refractivity (Wildman–Crippen MR) is 93.8 cm³/mol. The normalized spacial score (nSPS) is 17.2. The smallest absolute Gasteiger partial charge is 0.250 e. The fraction of sp³-hybridized carbons (Fsp3) is 0.222. The monoisotopic (exact) mass is 310 g/mol. The van der Waals surface area contributed by atoms with Gasteiger partial charge in [0.25, 0.3) is 0 Å². The summed E-state index contributed by atoms with van der Waals surface area (Å²) in [6.07, 6.45) is 0. The van der Waals surface area contributed by atoms with Crippen LogP contribution in [0.25, 0.3) is 0 Å². The van der Waals surface area contributed by atoms with Crippen molar-refractivity contribution in [3.8, 4) is 0 Å². The standard InChI is InChI=1S/C18H18N2OS/c1-12-7-6-8-13(2)16(12)20-17(21)15-11-22-18(19-15)14-9-4-3-5-10-14/h3-10,15H,11H2,1-2H3,(H,20,21)/t15-/m0/s1.